The third-order valence-corrected chi connectivity index (χ3v) is 7.07. The van der Waals surface area contributed by atoms with Gasteiger partial charge in [-0.25, -0.2) is 0 Å². The predicted octanol–water partition coefficient (Wildman–Crippen LogP) is 4.07. The number of anilines is 1. The molecule has 6 heteroatoms. The fraction of sp³-hybridized carbons (Fsp3) is 0.462. The molecule has 1 heterocycles. The second kappa shape index (κ2) is 8.49. The molecule has 6 nitrogen and oxygen atoms in total. The molecule has 0 atom stereocenters. The highest BCUT2D eigenvalue weighted by molar-refractivity contribution is 6.05. The summed E-state index contributed by atoms with van der Waals surface area (Å²) in [7, 11) is 1.76. The van der Waals surface area contributed by atoms with E-state index in [2.05, 4.69) is 17.4 Å². The maximum Gasteiger partial charge on any atom is 0.253 e. The molecular weight excluding hydrogens is 404 g/mol. The average molecular weight is 435 g/mol. The van der Waals surface area contributed by atoms with Crippen LogP contribution in [0.15, 0.2) is 42.5 Å². The second-order valence-electron chi connectivity index (χ2n) is 9.22. The number of nitrogens with one attached hydrogen (secondary N) is 1. The summed E-state index contributed by atoms with van der Waals surface area (Å²) in [6, 6.07) is 13.5. The molecule has 0 bridgehead atoms. The van der Waals surface area contributed by atoms with Crippen molar-refractivity contribution in [2.75, 3.05) is 31.7 Å². The lowest BCUT2D eigenvalue weighted by Crippen LogP contribution is -2.40. The lowest BCUT2D eigenvalue weighted by Gasteiger charge is -2.31. The Labute approximate surface area is 188 Å². The Hall–Kier alpha value is -3.02. The van der Waals surface area contributed by atoms with Crippen molar-refractivity contribution in [3.63, 3.8) is 0 Å². The molecule has 32 heavy (non-hydrogen) atoms. The van der Waals surface area contributed by atoms with Crippen molar-refractivity contribution in [3.8, 4) is 11.5 Å². The lowest BCUT2D eigenvalue weighted by molar-refractivity contribution is -0.119. The van der Waals surface area contributed by atoms with E-state index in [1.165, 1.54) is 5.56 Å². The largest absolute Gasteiger partial charge is 0.486 e. The molecule has 3 aliphatic rings. The third-order valence-electron chi connectivity index (χ3n) is 7.07. The van der Waals surface area contributed by atoms with Crippen LogP contribution in [0.25, 0.3) is 0 Å². The van der Waals surface area contributed by atoms with Gasteiger partial charge in [0.05, 0.1) is 11.3 Å². The van der Waals surface area contributed by atoms with Gasteiger partial charge >= 0.3 is 0 Å². The van der Waals surface area contributed by atoms with E-state index in [0.717, 1.165) is 50.0 Å². The number of hydrogen-bond donors (Lipinski definition) is 1. The van der Waals surface area contributed by atoms with Gasteiger partial charge in [-0.2, -0.15) is 0 Å². The van der Waals surface area contributed by atoms with E-state index in [1.807, 2.05) is 24.3 Å². The van der Waals surface area contributed by atoms with Crippen molar-refractivity contribution in [1.82, 2.24) is 5.32 Å². The van der Waals surface area contributed by atoms with Crippen LogP contribution in [-0.2, 0) is 10.2 Å². The summed E-state index contributed by atoms with van der Waals surface area (Å²) in [5.41, 5.74) is 2.28. The summed E-state index contributed by atoms with van der Waals surface area (Å²) < 4.78 is 11.5. The summed E-state index contributed by atoms with van der Waals surface area (Å²) in [6.45, 7) is 1.69. The number of fused-ring (bicyclic) bond motifs is 1. The highest BCUT2D eigenvalue weighted by Crippen LogP contribution is 2.44. The number of rotatable bonds is 6. The van der Waals surface area contributed by atoms with Crippen molar-refractivity contribution in [2.24, 2.45) is 5.92 Å². The van der Waals surface area contributed by atoms with Gasteiger partial charge in [0.15, 0.2) is 11.5 Å². The molecule has 0 unspecified atom stereocenters. The molecular formula is C26H30N2O4. The molecule has 2 saturated carbocycles. The number of carbonyl (C=O) groups excluding carboxylic acids is 2. The minimum atomic E-state index is -0.139. The molecule has 0 spiro atoms. The number of ether oxygens (including phenoxy) is 2. The van der Waals surface area contributed by atoms with Crippen LogP contribution >= 0.6 is 0 Å². The highest BCUT2D eigenvalue weighted by atomic mass is 16.6. The van der Waals surface area contributed by atoms with Gasteiger partial charge in [-0.05, 0) is 55.5 Å². The molecule has 0 radical (unpaired) electrons. The van der Waals surface area contributed by atoms with Crippen LogP contribution in [0.4, 0.5) is 5.69 Å². The SMILES string of the molecule is CN(C(=O)C1CC1)c1ccccc1C(=O)NCC1(c2ccc3c(c2)OCCO3)CCCC1. The number of carbonyl (C=O) groups is 2. The van der Waals surface area contributed by atoms with E-state index in [9.17, 15) is 9.59 Å². The fourth-order valence-corrected chi connectivity index (χ4v) is 5.02. The van der Waals surface area contributed by atoms with Crippen molar-refractivity contribution < 1.29 is 19.1 Å². The summed E-state index contributed by atoms with van der Waals surface area (Å²) in [5, 5.41) is 3.19. The first kappa shape index (κ1) is 20.9. The molecule has 0 aromatic heterocycles. The van der Waals surface area contributed by atoms with Crippen LogP contribution < -0.4 is 19.7 Å². The zero-order valence-corrected chi connectivity index (χ0v) is 18.6. The molecule has 2 fully saturated rings. The first-order valence-electron chi connectivity index (χ1n) is 11.6. The maximum atomic E-state index is 13.2. The normalized spacial score (nSPS) is 18.8. The number of para-hydroxylation sites is 1. The molecule has 1 N–H and O–H groups in total. The summed E-state index contributed by atoms with van der Waals surface area (Å²) >= 11 is 0. The van der Waals surface area contributed by atoms with Crippen LogP contribution in [0, 0.1) is 5.92 Å². The highest BCUT2D eigenvalue weighted by Gasteiger charge is 2.37. The van der Waals surface area contributed by atoms with E-state index >= 15 is 0 Å². The fourth-order valence-electron chi connectivity index (χ4n) is 5.02. The van der Waals surface area contributed by atoms with Gasteiger partial charge < -0.3 is 19.7 Å². The first-order chi connectivity index (χ1) is 15.6. The molecule has 2 amide bonds. The van der Waals surface area contributed by atoms with Gasteiger partial charge in [0.1, 0.15) is 13.2 Å². The summed E-state index contributed by atoms with van der Waals surface area (Å²) in [4.78, 5) is 27.5. The average Bonchev–Trinajstić information content (AvgIpc) is 3.58. The zero-order chi connectivity index (χ0) is 22.1. The smallest absolute Gasteiger partial charge is 0.253 e. The standard InChI is InChI=1S/C26H30N2O4/c1-28(25(30)18-8-9-18)21-7-3-2-6-20(21)24(29)27-17-26(12-4-5-13-26)19-10-11-22-23(16-19)32-15-14-31-22/h2-3,6-7,10-11,16,18H,4-5,8-9,12-15,17H2,1H3,(H,27,29). The Balaban J connectivity index is 1.35. The molecule has 0 saturated heterocycles. The summed E-state index contributed by atoms with van der Waals surface area (Å²) in [5.74, 6) is 1.63. The van der Waals surface area contributed by atoms with Gasteiger partial charge in [-0.1, -0.05) is 31.0 Å². The van der Waals surface area contributed by atoms with Gasteiger partial charge in [0.2, 0.25) is 5.91 Å². The minimum absolute atomic E-state index is 0.0915. The quantitative estimate of drug-likeness (QED) is 0.744. The predicted molar refractivity (Wildman–Crippen MR) is 122 cm³/mol. The zero-order valence-electron chi connectivity index (χ0n) is 18.6. The second-order valence-corrected chi connectivity index (χ2v) is 9.22. The Morgan fingerprint density at radius 2 is 1.75 bits per heavy atom. The van der Waals surface area contributed by atoms with Gasteiger partial charge in [0.25, 0.3) is 5.91 Å². The third kappa shape index (κ3) is 3.94. The van der Waals surface area contributed by atoms with Crippen molar-refractivity contribution in [1.29, 1.82) is 0 Å². The molecule has 2 aromatic rings. The van der Waals surface area contributed by atoms with Gasteiger partial charge in [-0.15, -0.1) is 0 Å². The molecule has 2 aliphatic carbocycles. The number of benzene rings is 2. The van der Waals surface area contributed by atoms with E-state index < -0.39 is 0 Å². The molecule has 2 aromatic carbocycles. The van der Waals surface area contributed by atoms with Crippen LogP contribution in [-0.4, -0.2) is 38.6 Å². The molecule has 5 rings (SSSR count). The van der Waals surface area contributed by atoms with Crippen molar-refractivity contribution >= 4 is 17.5 Å². The van der Waals surface area contributed by atoms with Crippen LogP contribution in [0.5, 0.6) is 11.5 Å². The molecule has 1 aliphatic heterocycles. The molecule has 168 valence electrons. The number of hydrogen-bond acceptors (Lipinski definition) is 4. The van der Waals surface area contributed by atoms with E-state index in [-0.39, 0.29) is 23.1 Å². The number of amides is 2. The van der Waals surface area contributed by atoms with Crippen LogP contribution in [0.2, 0.25) is 0 Å². The Morgan fingerprint density at radius 1 is 1.03 bits per heavy atom. The maximum absolute atomic E-state index is 13.2. The lowest BCUT2D eigenvalue weighted by atomic mass is 9.78. The van der Waals surface area contributed by atoms with Crippen LogP contribution in [0.1, 0.15) is 54.4 Å². The topological polar surface area (TPSA) is 67.9 Å². The van der Waals surface area contributed by atoms with Gasteiger partial charge in [-0.3, -0.25) is 9.59 Å². The van der Waals surface area contributed by atoms with Gasteiger partial charge in [0, 0.05) is 24.9 Å². The Morgan fingerprint density at radius 3 is 2.50 bits per heavy atom. The van der Waals surface area contributed by atoms with E-state index in [1.54, 1.807) is 18.0 Å². The van der Waals surface area contributed by atoms with E-state index in [4.69, 9.17) is 9.47 Å². The first-order valence-corrected chi connectivity index (χ1v) is 11.6. The Bertz CT molecular complexity index is 1020. The van der Waals surface area contributed by atoms with E-state index in [0.29, 0.717) is 31.0 Å². The Kier molecular flexibility index (Phi) is 5.53. The summed E-state index contributed by atoms with van der Waals surface area (Å²) in [6.07, 6.45) is 6.20. The van der Waals surface area contributed by atoms with Crippen LogP contribution in [0.3, 0.4) is 0 Å². The van der Waals surface area contributed by atoms with Crippen molar-refractivity contribution in [3.05, 3.63) is 53.6 Å². The monoisotopic (exact) mass is 434 g/mol. The number of nitrogens with zero attached hydrogens (tertiary/aromatic N) is 1. The minimum Gasteiger partial charge on any atom is -0.486 e. The van der Waals surface area contributed by atoms with Crippen molar-refractivity contribution in [2.45, 2.75) is 43.9 Å².